The highest BCUT2D eigenvalue weighted by atomic mass is 19.1. The Morgan fingerprint density at radius 1 is 1.20 bits per heavy atom. The third-order valence-corrected chi connectivity index (χ3v) is 9.03. The minimum absolute atomic E-state index is 0.00631. The Balaban J connectivity index is 1.31. The van der Waals surface area contributed by atoms with Crippen molar-refractivity contribution in [1.82, 2.24) is 30.2 Å². The third kappa shape index (κ3) is 5.23. The fraction of sp³-hybridized carbons (Fsp3) is 0.467. The monoisotopic (exact) mass is 608 g/mol. The zero-order valence-corrected chi connectivity index (χ0v) is 24.3. The molecular formula is C30H33FN6O7. The van der Waals surface area contributed by atoms with E-state index in [1.165, 1.54) is 41.0 Å². The fourth-order valence-electron chi connectivity index (χ4n) is 6.56. The van der Waals surface area contributed by atoms with Crippen molar-refractivity contribution in [2.75, 3.05) is 13.7 Å². The van der Waals surface area contributed by atoms with Crippen molar-refractivity contribution in [3.8, 4) is 5.75 Å². The first kappa shape index (κ1) is 29.5. The number of aryl methyl sites for hydroxylation is 1. The highest BCUT2D eigenvalue weighted by Gasteiger charge is 2.49. The van der Waals surface area contributed by atoms with E-state index in [4.69, 9.17) is 9.26 Å². The average Bonchev–Trinajstić information content (AvgIpc) is 3.66. The van der Waals surface area contributed by atoms with Crippen molar-refractivity contribution in [1.29, 1.82) is 0 Å². The van der Waals surface area contributed by atoms with Crippen LogP contribution in [0.25, 0.3) is 0 Å². The van der Waals surface area contributed by atoms with E-state index in [0.717, 1.165) is 0 Å². The van der Waals surface area contributed by atoms with Crippen LogP contribution in [0.2, 0.25) is 0 Å². The zero-order valence-electron chi connectivity index (χ0n) is 24.3. The van der Waals surface area contributed by atoms with Gasteiger partial charge in [-0.2, -0.15) is 0 Å². The van der Waals surface area contributed by atoms with Gasteiger partial charge in [0.05, 0.1) is 17.8 Å². The predicted molar refractivity (Wildman–Crippen MR) is 151 cm³/mol. The zero-order chi connectivity index (χ0) is 31.2. The highest BCUT2D eigenvalue weighted by Crippen LogP contribution is 2.43. The topological polar surface area (TPSA) is 169 Å². The summed E-state index contributed by atoms with van der Waals surface area (Å²) < 4.78 is 25.6. The molecule has 1 aromatic carbocycles. The highest BCUT2D eigenvalue weighted by molar-refractivity contribution is 5.96. The van der Waals surface area contributed by atoms with Gasteiger partial charge in [-0.25, -0.2) is 9.37 Å². The Morgan fingerprint density at radius 3 is 2.66 bits per heavy atom. The van der Waals surface area contributed by atoms with E-state index in [2.05, 4.69) is 20.8 Å². The first-order valence-electron chi connectivity index (χ1n) is 14.5. The molecule has 232 valence electrons. The molecule has 3 aliphatic heterocycles. The number of fused-ring (bicyclic) bond motifs is 2. The molecule has 2 bridgehead atoms. The molecule has 2 fully saturated rings. The number of methoxy groups -OCH3 is 1. The van der Waals surface area contributed by atoms with Gasteiger partial charge in [-0.05, 0) is 55.7 Å². The first-order chi connectivity index (χ1) is 21.1. The number of likely N-dealkylation sites (tertiary alicyclic amines) is 1. The Hall–Kier alpha value is -4.59. The summed E-state index contributed by atoms with van der Waals surface area (Å²) in [6.45, 7) is 2.08. The summed E-state index contributed by atoms with van der Waals surface area (Å²) in [7, 11) is 1.51. The summed E-state index contributed by atoms with van der Waals surface area (Å²) in [6, 6.07) is 4.94. The minimum atomic E-state index is -1.12. The van der Waals surface area contributed by atoms with Crippen molar-refractivity contribution in [3.05, 3.63) is 75.0 Å². The molecule has 0 unspecified atom stereocenters. The lowest BCUT2D eigenvalue weighted by Crippen LogP contribution is -2.55. The minimum Gasteiger partial charge on any atom is -0.501 e. The van der Waals surface area contributed by atoms with Crippen molar-refractivity contribution >= 4 is 17.7 Å². The summed E-state index contributed by atoms with van der Waals surface area (Å²) >= 11 is 0. The molecule has 7 rings (SSSR count). The van der Waals surface area contributed by atoms with Gasteiger partial charge < -0.3 is 29.9 Å². The summed E-state index contributed by atoms with van der Waals surface area (Å²) in [5.41, 5.74) is -1.31. The van der Waals surface area contributed by atoms with Crippen molar-refractivity contribution in [3.63, 3.8) is 0 Å². The molecule has 1 saturated heterocycles. The van der Waals surface area contributed by atoms with E-state index < -0.39 is 46.3 Å². The van der Waals surface area contributed by atoms with Crippen LogP contribution in [0.4, 0.5) is 4.39 Å². The summed E-state index contributed by atoms with van der Waals surface area (Å²) in [5, 5.41) is 20.2. The molecule has 2 aromatic heterocycles. The first-order valence-corrected chi connectivity index (χ1v) is 14.5. The average molecular weight is 609 g/mol. The molecule has 2 atom stereocenters. The van der Waals surface area contributed by atoms with Gasteiger partial charge >= 0.3 is 0 Å². The molecule has 1 saturated carbocycles. The molecule has 44 heavy (non-hydrogen) atoms. The van der Waals surface area contributed by atoms with Crippen LogP contribution in [0.3, 0.4) is 0 Å². The molecule has 14 heteroatoms. The Bertz CT molecular complexity index is 1660. The lowest BCUT2D eigenvalue weighted by atomic mass is 9.77. The second-order valence-corrected chi connectivity index (χ2v) is 11.8. The van der Waals surface area contributed by atoms with Gasteiger partial charge in [-0.3, -0.25) is 23.7 Å². The van der Waals surface area contributed by atoms with Crippen molar-refractivity contribution in [2.45, 2.75) is 69.8 Å². The fourth-order valence-corrected chi connectivity index (χ4v) is 6.56. The number of rotatable bonds is 7. The van der Waals surface area contributed by atoms with E-state index >= 15 is 0 Å². The molecule has 3 N–H and O–H groups in total. The van der Waals surface area contributed by atoms with Gasteiger partial charge in [0.2, 0.25) is 17.4 Å². The Labute approximate surface area is 251 Å². The number of amides is 3. The van der Waals surface area contributed by atoms with E-state index in [9.17, 15) is 28.7 Å². The lowest BCUT2D eigenvalue weighted by molar-refractivity contribution is -0.127. The SMILES string of the molecule is CO[C@@H]1C[C@H](C(=O)NC23CCC(CC2)Cn2c3nc(C(=O)NCc3ccc(F)c(C)c3)c(O)c2=O)N(C(=O)c2ccno2)C1. The summed E-state index contributed by atoms with van der Waals surface area (Å²) in [4.78, 5) is 59.8. The normalized spacial score (nSPS) is 24.1. The number of hydrogen-bond acceptors (Lipinski definition) is 9. The number of aromatic nitrogens is 3. The van der Waals surface area contributed by atoms with Gasteiger partial charge in [-0.1, -0.05) is 17.3 Å². The lowest BCUT2D eigenvalue weighted by Gasteiger charge is -2.38. The molecule has 0 spiro atoms. The molecular weight excluding hydrogens is 575 g/mol. The molecule has 3 aromatic rings. The van der Waals surface area contributed by atoms with Crippen LogP contribution in [-0.4, -0.2) is 68.2 Å². The number of carbonyl (C=O) groups excluding carboxylic acids is 3. The van der Waals surface area contributed by atoms with Crippen LogP contribution in [0.1, 0.15) is 70.1 Å². The van der Waals surface area contributed by atoms with Gasteiger partial charge in [0, 0.05) is 39.2 Å². The van der Waals surface area contributed by atoms with Crippen molar-refractivity contribution < 1.29 is 33.1 Å². The van der Waals surface area contributed by atoms with E-state index in [1.807, 2.05) is 0 Å². The van der Waals surface area contributed by atoms with Crippen LogP contribution < -0.4 is 16.2 Å². The number of benzene rings is 1. The third-order valence-electron chi connectivity index (χ3n) is 9.03. The van der Waals surface area contributed by atoms with Crippen LogP contribution in [0, 0.1) is 18.7 Å². The van der Waals surface area contributed by atoms with Crippen LogP contribution in [-0.2, 0) is 28.2 Å². The molecule has 5 heterocycles. The molecule has 4 aliphatic rings. The van der Waals surface area contributed by atoms with Gasteiger partial charge in [0.1, 0.15) is 17.7 Å². The number of carbonyl (C=O) groups is 3. The Morgan fingerprint density at radius 2 is 1.98 bits per heavy atom. The second-order valence-electron chi connectivity index (χ2n) is 11.8. The number of nitrogens with one attached hydrogen (secondary N) is 2. The molecule has 13 nitrogen and oxygen atoms in total. The maximum absolute atomic E-state index is 14.0. The van der Waals surface area contributed by atoms with Crippen LogP contribution in [0.5, 0.6) is 5.75 Å². The number of hydrogen-bond donors (Lipinski definition) is 3. The van der Waals surface area contributed by atoms with E-state index in [1.54, 1.807) is 13.0 Å². The van der Waals surface area contributed by atoms with Gasteiger partial charge in [-0.15, -0.1) is 0 Å². The standard InChI is InChI=1S/C30H33FN6O7/c1-16-11-18(3-4-20(16)31)13-32-26(40)23-24(38)28(42)37-14-17-5-8-30(9-6-17,29(37)34-23)35-25(39)21-12-19(43-2)15-36(21)27(41)22-7-10-33-44-22/h3-4,7,10-11,17,19,21,38H,5-6,8-9,12-15H2,1-2H3,(H,32,40)(H,35,39)/t17?,19-,21-,30?/m1/s1. The Kier molecular flexibility index (Phi) is 7.70. The number of aromatic hydroxyl groups is 1. The number of nitrogens with zero attached hydrogens (tertiary/aromatic N) is 4. The summed E-state index contributed by atoms with van der Waals surface area (Å²) in [5.74, 6) is -2.60. The van der Waals surface area contributed by atoms with Crippen molar-refractivity contribution in [2.24, 2.45) is 5.92 Å². The second kappa shape index (κ2) is 11.5. The molecule has 0 radical (unpaired) electrons. The number of ether oxygens (including phenoxy) is 1. The van der Waals surface area contributed by atoms with Gasteiger partial charge in [0.15, 0.2) is 5.69 Å². The largest absolute Gasteiger partial charge is 0.501 e. The van der Waals surface area contributed by atoms with E-state index in [0.29, 0.717) is 36.8 Å². The maximum atomic E-state index is 14.0. The molecule has 3 amide bonds. The summed E-state index contributed by atoms with van der Waals surface area (Å²) in [6.07, 6.45) is 3.47. The smallest absolute Gasteiger partial charge is 0.296 e. The van der Waals surface area contributed by atoms with E-state index in [-0.39, 0.29) is 55.5 Å². The van der Waals surface area contributed by atoms with Crippen LogP contribution >= 0.6 is 0 Å². The number of halogens is 1. The van der Waals surface area contributed by atoms with Gasteiger partial charge in [0.25, 0.3) is 17.4 Å². The molecule has 1 aliphatic carbocycles. The van der Waals surface area contributed by atoms with Crippen LogP contribution in [0.15, 0.2) is 39.8 Å². The quantitative estimate of drug-likeness (QED) is 0.362. The predicted octanol–water partition coefficient (Wildman–Crippen LogP) is 1.76. The maximum Gasteiger partial charge on any atom is 0.296 e.